The van der Waals surface area contributed by atoms with E-state index in [-0.39, 0.29) is 5.56 Å². The molecule has 1 rings (SSSR count). The SMILES string of the molecule is O=C(O)C(CS(=O)(=O)Cc1ccc(Cl)cc1)C(F)(F)F. The van der Waals surface area contributed by atoms with E-state index in [0.29, 0.717) is 5.02 Å². The summed E-state index contributed by atoms with van der Waals surface area (Å²) in [5.74, 6) is -7.31. The van der Waals surface area contributed by atoms with E-state index in [1.807, 2.05) is 0 Å². The van der Waals surface area contributed by atoms with Crippen LogP contribution in [0.3, 0.4) is 0 Å². The van der Waals surface area contributed by atoms with Crippen LogP contribution < -0.4 is 0 Å². The standard InChI is InChI=1S/C11H10ClF3O4S/c12-8-3-1-7(2-4-8)5-20(18,19)6-9(10(16)17)11(13,14)15/h1-4,9H,5-6H2,(H,16,17). The van der Waals surface area contributed by atoms with E-state index in [4.69, 9.17) is 16.7 Å². The predicted octanol–water partition coefficient (Wildman–Crippen LogP) is 2.52. The molecule has 1 aromatic carbocycles. The first-order valence-electron chi connectivity index (χ1n) is 5.25. The number of aliphatic carboxylic acids is 1. The van der Waals surface area contributed by atoms with Gasteiger partial charge in [-0.3, -0.25) is 4.79 Å². The average Bonchev–Trinajstić information content (AvgIpc) is 2.27. The van der Waals surface area contributed by atoms with E-state index in [2.05, 4.69) is 0 Å². The average molecular weight is 331 g/mol. The molecule has 1 atom stereocenters. The van der Waals surface area contributed by atoms with Crippen LogP contribution in [0.2, 0.25) is 5.02 Å². The van der Waals surface area contributed by atoms with Gasteiger partial charge in [0, 0.05) is 5.02 Å². The van der Waals surface area contributed by atoms with Crippen molar-refractivity contribution >= 4 is 27.4 Å². The monoisotopic (exact) mass is 330 g/mol. The lowest BCUT2D eigenvalue weighted by Crippen LogP contribution is -2.36. The van der Waals surface area contributed by atoms with E-state index in [1.165, 1.54) is 24.3 Å². The summed E-state index contributed by atoms with van der Waals surface area (Å²) >= 11 is 5.59. The molecule has 0 fully saturated rings. The van der Waals surface area contributed by atoms with E-state index in [0.717, 1.165) is 0 Å². The largest absolute Gasteiger partial charge is 0.481 e. The Labute approximate surface area is 118 Å². The van der Waals surface area contributed by atoms with Gasteiger partial charge in [-0.2, -0.15) is 13.2 Å². The van der Waals surface area contributed by atoms with Crippen molar-refractivity contribution in [3.8, 4) is 0 Å². The highest BCUT2D eigenvalue weighted by molar-refractivity contribution is 7.90. The quantitative estimate of drug-likeness (QED) is 0.900. The maximum absolute atomic E-state index is 12.4. The van der Waals surface area contributed by atoms with Crippen molar-refractivity contribution < 1.29 is 31.5 Å². The summed E-state index contributed by atoms with van der Waals surface area (Å²) < 4.78 is 60.6. The first-order valence-corrected chi connectivity index (χ1v) is 7.45. The highest BCUT2D eigenvalue weighted by Gasteiger charge is 2.47. The molecule has 0 aliphatic heterocycles. The van der Waals surface area contributed by atoms with Gasteiger partial charge in [0.15, 0.2) is 15.8 Å². The zero-order chi connectivity index (χ0) is 15.6. The Balaban J connectivity index is 2.89. The lowest BCUT2D eigenvalue weighted by molar-refractivity contribution is -0.189. The molecule has 0 amide bonds. The molecule has 0 radical (unpaired) electrons. The second-order valence-electron chi connectivity index (χ2n) is 4.11. The number of hydrogen-bond donors (Lipinski definition) is 1. The third-order valence-corrected chi connectivity index (χ3v) is 4.28. The van der Waals surface area contributed by atoms with E-state index in [1.54, 1.807) is 0 Å². The zero-order valence-corrected chi connectivity index (χ0v) is 11.5. The minimum Gasteiger partial charge on any atom is -0.481 e. The van der Waals surface area contributed by atoms with Crippen LogP contribution in [-0.2, 0) is 20.4 Å². The molecular weight excluding hydrogens is 321 g/mol. The van der Waals surface area contributed by atoms with Crippen LogP contribution >= 0.6 is 11.6 Å². The van der Waals surface area contributed by atoms with E-state index in [9.17, 15) is 26.4 Å². The van der Waals surface area contributed by atoms with Gasteiger partial charge in [0.2, 0.25) is 0 Å². The smallest absolute Gasteiger partial charge is 0.403 e. The van der Waals surface area contributed by atoms with Gasteiger partial charge in [0.25, 0.3) is 0 Å². The molecule has 0 saturated heterocycles. The van der Waals surface area contributed by atoms with Crippen molar-refractivity contribution in [2.24, 2.45) is 5.92 Å². The molecule has 1 unspecified atom stereocenters. The van der Waals surface area contributed by atoms with Crippen LogP contribution in [0.15, 0.2) is 24.3 Å². The minimum atomic E-state index is -5.11. The van der Waals surface area contributed by atoms with Crippen molar-refractivity contribution in [3.05, 3.63) is 34.9 Å². The summed E-state index contributed by atoms with van der Waals surface area (Å²) in [6.07, 6.45) is -5.11. The molecule has 0 aliphatic carbocycles. The highest BCUT2D eigenvalue weighted by atomic mass is 35.5. The fraction of sp³-hybridized carbons (Fsp3) is 0.364. The zero-order valence-electron chi connectivity index (χ0n) is 9.89. The number of carbonyl (C=O) groups is 1. The van der Waals surface area contributed by atoms with E-state index < -0.39 is 39.4 Å². The predicted molar refractivity (Wildman–Crippen MR) is 66.1 cm³/mol. The Morgan fingerprint density at radius 3 is 2.15 bits per heavy atom. The first kappa shape index (κ1) is 16.8. The molecule has 0 aromatic heterocycles. The van der Waals surface area contributed by atoms with Crippen LogP contribution in [0.4, 0.5) is 13.2 Å². The Hall–Kier alpha value is -1.28. The van der Waals surface area contributed by atoms with Crippen LogP contribution in [-0.4, -0.2) is 31.4 Å². The van der Waals surface area contributed by atoms with Crippen LogP contribution in [0.25, 0.3) is 0 Å². The third kappa shape index (κ3) is 5.01. The van der Waals surface area contributed by atoms with Gasteiger partial charge in [-0.05, 0) is 17.7 Å². The molecule has 0 saturated carbocycles. The van der Waals surface area contributed by atoms with Gasteiger partial charge in [-0.25, -0.2) is 8.42 Å². The maximum atomic E-state index is 12.4. The number of rotatable bonds is 5. The van der Waals surface area contributed by atoms with Gasteiger partial charge in [-0.15, -0.1) is 0 Å². The minimum absolute atomic E-state index is 0.237. The summed E-state index contributed by atoms with van der Waals surface area (Å²) in [5.41, 5.74) is 0.237. The summed E-state index contributed by atoms with van der Waals surface area (Å²) in [7, 11) is -4.22. The lowest BCUT2D eigenvalue weighted by Gasteiger charge is -2.16. The molecule has 9 heteroatoms. The molecule has 20 heavy (non-hydrogen) atoms. The first-order chi connectivity index (χ1) is 9.01. The molecule has 0 bridgehead atoms. The number of sulfone groups is 1. The van der Waals surface area contributed by atoms with Gasteiger partial charge >= 0.3 is 12.1 Å². The fourth-order valence-corrected chi connectivity index (χ4v) is 3.24. The van der Waals surface area contributed by atoms with Crippen molar-refractivity contribution in [2.45, 2.75) is 11.9 Å². The van der Waals surface area contributed by atoms with Crippen LogP contribution in [0, 0.1) is 5.92 Å². The number of carboxylic acid groups (broad SMARTS) is 1. The number of benzene rings is 1. The molecule has 0 spiro atoms. The number of carboxylic acids is 1. The molecule has 0 heterocycles. The maximum Gasteiger partial charge on any atom is 0.403 e. The second kappa shape index (κ2) is 6.01. The summed E-state index contributed by atoms with van der Waals surface area (Å²) in [4.78, 5) is 10.5. The second-order valence-corrected chi connectivity index (χ2v) is 6.66. The summed E-state index contributed by atoms with van der Waals surface area (Å²) in [5, 5.41) is 8.82. The third-order valence-electron chi connectivity index (χ3n) is 2.41. The molecular formula is C11H10ClF3O4S. The van der Waals surface area contributed by atoms with Crippen LogP contribution in [0.5, 0.6) is 0 Å². The molecule has 1 N–H and O–H groups in total. The molecule has 4 nitrogen and oxygen atoms in total. The van der Waals surface area contributed by atoms with Gasteiger partial charge in [0.05, 0.1) is 11.5 Å². The lowest BCUT2D eigenvalue weighted by atomic mass is 10.2. The summed E-state index contributed by atoms with van der Waals surface area (Å²) in [6, 6.07) is 5.49. The Kier molecular flexibility index (Phi) is 5.04. The van der Waals surface area contributed by atoms with Gasteiger partial charge in [0.1, 0.15) is 0 Å². The number of alkyl halides is 3. The Morgan fingerprint density at radius 2 is 1.75 bits per heavy atom. The molecule has 0 aliphatic rings. The van der Waals surface area contributed by atoms with Crippen molar-refractivity contribution in [2.75, 3.05) is 5.75 Å². The van der Waals surface area contributed by atoms with Crippen molar-refractivity contribution in [1.82, 2.24) is 0 Å². The number of hydrogen-bond acceptors (Lipinski definition) is 3. The van der Waals surface area contributed by atoms with Crippen molar-refractivity contribution in [3.63, 3.8) is 0 Å². The molecule has 112 valence electrons. The van der Waals surface area contributed by atoms with Gasteiger partial charge in [-0.1, -0.05) is 23.7 Å². The van der Waals surface area contributed by atoms with E-state index >= 15 is 0 Å². The Bertz CT molecular complexity index is 581. The van der Waals surface area contributed by atoms with Crippen LogP contribution in [0.1, 0.15) is 5.56 Å². The van der Waals surface area contributed by atoms with Crippen molar-refractivity contribution in [1.29, 1.82) is 0 Å². The normalized spacial score (nSPS) is 14.0. The Morgan fingerprint density at radius 1 is 1.25 bits per heavy atom. The van der Waals surface area contributed by atoms with Gasteiger partial charge < -0.3 is 5.11 Å². The fourth-order valence-electron chi connectivity index (χ4n) is 1.45. The highest BCUT2D eigenvalue weighted by Crippen LogP contribution is 2.28. The topological polar surface area (TPSA) is 71.4 Å². The summed E-state index contributed by atoms with van der Waals surface area (Å²) in [6.45, 7) is 0. The molecule has 1 aromatic rings. The number of halogens is 4.